The average Bonchev–Trinajstić information content (AvgIpc) is 2.46. The van der Waals surface area contributed by atoms with Crippen LogP contribution >= 0.6 is 0 Å². The van der Waals surface area contributed by atoms with E-state index in [0.29, 0.717) is 0 Å². The van der Waals surface area contributed by atoms with Crippen molar-refractivity contribution in [3.63, 3.8) is 0 Å². The number of hydrogen-bond acceptors (Lipinski definition) is 4. The molecule has 0 atom stereocenters. The number of nitrogens with one attached hydrogen (secondary N) is 1. The van der Waals surface area contributed by atoms with Gasteiger partial charge in [-0.25, -0.2) is 4.98 Å². The van der Waals surface area contributed by atoms with E-state index in [1.165, 1.54) is 6.07 Å². The van der Waals surface area contributed by atoms with Gasteiger partial charge in [0.2, 0.25) is 0 Å². The van der Waals surface area contributed by atoms with Crippen LogP contribution in [-0.2, 0) is 0 Å². The molecule has 1 aromatic carbocycles. The minimum atomic E-state index is -0.392. The third kappa shape index (κ3) is 2.87. The molecular formula is C15H19N3O2. The maximum Gasteiger partial charge on any atom is 0.270 e. The van der Waals surface area contributed by atoms with Gasteiger partial charge < -0.3 is 5.32 Å². The van der Waals surface area contributed by atoms with Gasteiger partial charge in [-0.05, 0) is 38.0 Å². The highest BCUT2D eigenvalue weighted by molar-refractivity contribution is 5.82. The van der Waals surface area contributed by atoms with Crippen molar-refractivity contribution in [1.82, 2.24) is 4.98 Å². The van der Waals surface area contributed by atoms with Gasteiger partial charge in [0, 0.05) is 23.1 Å². The molecule has 0 spiro atoms. The third-order valence-electron chi connectivity index (χ3n) is 3.87. The van der Waals surface area contributed by atoms with Gasteiger partial charge in [-0.3, -0.25) is 10.1 Å². The molecule has 2 rings (SSSR count). The molecule has 0 saturated carbocycles. The lowest BCUT2D eigenvalue weighted by Gasteiger charge is -2.28. The van der Waals surface area contributed by atoms with Crippen LogP contribution in [0.15, 0.2) is 30.3 Å². The first kappa shape index (κ1) is 14.2. The van der Waals surface area contributed by atoms with Gasteiger partial charge in [0.05, 0.1) is 10.4 Å². The Morgan fingerprint density at radius 2 is 1.95 bits per heavy atom. The molecule has 0 radical (unpaired) electrons. The Morgan fingerprint density at radius 1 is 1.25 bits per heavy atom. The number of benzene rings is 1. The number of anilines is 1. The Hall–Kier alpha value is -2.17. The molecular weight excluding hydrogens is 254 g/mol. The lowest BCUT2D eigenvalue weighted by atomic mass is 9.95. The highest BCUT2D eigenvalue weighted by atomic mass is 16.6. The number of nitrogens with zero attached hydrogens (tertiary/aromatic N) is 2. The van der Waals surface area contributed by atoms with Crippen LogP contribution in [0.5, 0.6) is 0 Å². The van der Waals surface area contributed by atoms with Crippen molar-refractivity contribution in [3.8, 4) is 0 Å². The summed E-state index contributed by atoms with van der Waals surface area (Å²) >= 11 is 0. The Labute approximate surface area is 118 Å². The molecule has 1 aromatic heterocycles. The predicted octanol–water partition coefficient (Wildman–Crippen LogP) is 4.13. The standard InChI is InChI=1S/C15H19N3O2/c1-4-15(3,5-2)17-14-9-6-11-10-12(18(19)20)7-8-13(11)16-14/h6-10H,4-5H2,1-3H3,(H,16,17). The average molecular weight is 273 g/mol. The molecule has 106 valence electrons. The van der Waals surface area contributed by atoms with Gasteiger partial charge in [-0.2, -0.15) is 0 Å². The largest absolute Gasteiger partial charge is 0.365 e. The SMILES string of the molecule is CCC(C)(CC)Nc1ccc2cc([N+](=O)[O-])ccc2n1. The maximum atomic E-state index is 10.7. The van der Waals surface area contributed by atoms with Crippen molar-refractivity contribution in [2.75, 3.05) is 5.32 Å². The molecule has 0 aliphatic rings. The van der Waals surface area contributed by atoms with Crippen LogP contribution < -0.4 is 5.32 Å². The first-order valence-electron chi connectivity index (χ1n) is 6.81. The second kappa shape index (κ2) is 5.45. The number of aromatic nitrogens is 1. The summed E-state index contributed by atoms with van der Waals surface area (Å²) in [6, 6.07) is 8.45. The first-order chi connectivity index (χ1) is 9.47. The van der Waals surface area contributed by atoms with Gasteiger partial charge in [-0.1, -0.05) is 13.8 Å². The summed E-state index contributed by atoms with van der Waals surface area (Å²) in [6.07, 6.45) is 2.01. The van der Waals surface area contributed by atoms with Gasteiger partial charge in [-0.15, -0.1) is 0 Å². The number of rotatable bonds is 5. The van der Waals surface area contributed by atoms with Gasteiger partial charge >= 0.3 is 0 Å². The highest BCUT2D eigenvalue weighted by Gasteiger charge is 2.19. The summed E-state index contributed by atoms with van der Waals surface area (Å²) in [5.74, 6) is 0.803. The van der Waals surface area contributed by atoms with E-state index in [4.69, 9.17) is 0 Å². The van der Waals surface area contributed by atoms with E-state index >= 15 is 0 Å². The zero-order chi connectivity index (χ0) is 14.8. The molecule has 0 unspecified atom stereocenters. The van der Waals surface area contributed by atoms with Crippen LogP contribution in [0.1, 0.15) is 33.6 Å². The molecule has 0 aliphatic carbocycles. The lowest BCUT2D eigenvalue weighted by molar-refractivity contribution is -0.384. The van der Waals surface area contributed by atoms with Crippen LogP contribution in [-0.4, -0.2) is 15.4 Å². The normalized spacial score (nSPS) is 11.6. The minimum Gasteiger partial charge on any atom is -0.365 e. The molecule has 0 aliphatic heterocycles. The van der Waals surface area contributed by atoms with E-state index in [9.17, 15) is 10.1 Å². The summed E-state index contributed by atoms with van der Waals surface area (Å²) in [7, 11) is 0. The van der Waals surface area contributed by atoms with Crippen LogP contribution in [0.3, 0.4) is 0 Å². The molecule has 0 saturated heterocycles. The zero-order valence-corrected chi connectivity index (χ0v) is 12.0. The molecule has 0 amide bonds. The number of hydrogen-bond donors (Lipinski definition) is 1. The fourth-order valence-corrected chi connectivity index (χ4v) is 2.03. The highest BCUT2D eigenvalue weighted by Crippen LogP contribution is 2.24. The van der Waals surface area contributed by atoms with E-state index in [0.717, 1.165) is 29.6 Å². The first-order valence-corrected chi connectivity index (χ1v) is 6.81. The van der Waals surface area contributed by atoms with Gasteiger partial charge in [0.15, 0.2) is 0 Å². The zero-order valence-electron chi connectivity index (χ0n) is 12.0. The fraction of sp³-hybridized carbons (Fsp3) is 0.400. The summed E-state index contributed by atoms with van der Waals surface area (Å²) < 4.78 is 0. The Balaban J connectivity index is 2.35. The van der Waals surface area contributed by atoms with Crippen LogP contribution in [0, 0.1) is 10.1 Å². The molecule has 5 nitrogen and oxygen atoms in total. The quantitative estimate of drug-likeness (QED) is 0.656. The van der Waals surface area contributed by atoms with Crippen molar-refractivity contribution < 1.29 is 4.92 Å². The number of pyridine rings is 1. The third-order valence-corrected chi connectivity index (χ3v) is 3.87. The summed E-state index contributed by atoms with van der Waals surface area (Å²) in [5, 5.41) is 15.0. The molecule has 2 aromatic rings. The van der Waals surface area contributed by atoms with E-state index in [1.54, 1.807) is 12.1 Å². The van der Waals surface area contributed by atoms with Crippen molar-refractivity contribution in [1.29, 1.82) is 0 Å². The second-order valence-electron chi connectivity index (χ2n) is 5.22. The van der Waals surface area contributed by atoms with Gasteiger partial charge in [0.25, 0.3) is 5.69 Å². The monoisotopic (exact) mass is 273 g/mol. The number of nitro benzene ring substituents is 1. The second-order valence-corrected chi connectivity index (χ2v) is 5.22. The van der Waals surface area contributed by atoms with Gasteiger partial charge in [0.1, 0.15) is 5.82 Å². The Kier molecular flexibility index (Phi) is 3.88. The van der Waals surface area contributed by atoms with Crippen molar-refractivity contribution >= 4 is 22.4 Å². The number of non-ortho nitro benzene ring substituents is 1. The van der Waals surface area contributed by atoms with Crippen molar-refractivity contribution in [2.24, 2.45) is 0 Å². The van der Waals surface area contributed by atoms with Crippen LogP contribution in [0.2, 0.25) is 0 Å². The summed E-state index contributed by atoms with van der Waals surface area (Å²) in [6.45, 7) is 6.44. The molecule has 1 heterocycles. The predicted molar refractivity (Wildman–Crippen MR) is 81.0 cm³/mol. The summed E-state index contributed by atoms with van der Waals surface area (Å²) in [5.41, 5.74) is 0.865. The van der Waals surface area contributed by atoms with Crippen molar-refractivity contribution in [2.45, 2.75) is 39.2 Å². The van der Waals surface area contributed by atoms with Crippen LogP contribution in [0.4, 0.5) is 11.5 Å². The lowest BCUT2D eigenvalue weighted by Crippen LogP contribution is -2.33. The molecule has 0 bridgehead atoms. The molecule has 20 heavy (non-hydrogen) atoms. The smallest absolute Gasteiger partial charge is 0.270 e. The Bertz CT molecular complexity index is 636. The van der Waals surface area contributed by atoms with E-state index in [-0.39, 0.29) is 11.2 Å². The minimum absolute atomic E-state index is 0.0153. The van der Waals surface area contributed by atoms with E-state index < -0.39 is 4.92 Å². The molecule has 5 heteroatoms. The number of nitro groups is 1. The molecule has 1 N–H and O–H groups in total. The molecule has 0 fully saturated rings. The topological polar surface area (TPSA) is 68.1 Å². The maximum absolute atomic E-state index is 10.7. The van der Waals surface area contributed by atoms with E-state index in [2.05, 4.69) is 31.1 Å². The fourth-order valence-electron chi connectivity index (χ4n) is 2.03. The summed E-state index contributed by atoms with van der Waals surface area (Å²) in [4.78, 5) is 14.9. The van der Waals surface area contributed by atoms with Crippen molar-refractivity contribution in [3.05, 3.63) is 40.4 Å². The number of fused-ring (bicyclic) bond motifs is 1. The van der Waals surface area contributed by atoms with Crippen LogP contribution in [0.25, 0.3) is 10.9 Å². The van der Waals surface area contributed by atoms with E-state index in [1.807, 2.05) is 12.1 Å². The Morgan fingerprint density at radius 3 is 2.55 bits per heavy atom.